The summed E-state index contributed by atoms with van der Waals surface area (Å²) in [5, 5.41) is 7.18. The highest BCUT2D eigenvalue weighted by molar-refractivity contribution is 7.71. The number of nitrogens with one attached hydrogen (secondary N) is 1. The molecule has 0 fully saturated rings. The minimum Gasteiger partial charge on any atom is -0.486 e. The van der Waals surface area contributed by atoms with Crippen molar-refractivity contribution in [2.75, 3.05) is 0 Å². The van der Waals surface area contributed by atoms with E-state index in [1.807, 2.05) is 47.0 Å². The van der Waals surface area contributed by atoms with Gasteiger partial charge in [-0.1, -0.05) is 54.6 Å². The van der Waals surface area contributed by atoms with E-state index in [2.05, 4.69) is 53.5 Å². The second-order valence-electron chi connectivity index (χ2n) is 6.30. The third kappa shape index (κ3) is 3.83. The Kier molecular flexibility index (Phi) is 4.85. The summed E-state index contributed by atoms with van der Waals surface area (Å²) < 4.78 is 8.40. The van der Waals surface area contributed by atoms with Crippen LogP contribution < -0.4 is 4.74 Å². The number of rotatable bonds is 5. The number of aromatic nitrogens is 3. The van der Waals surface area contributed by atoms with Crippen molar-refractivity contribution in [3.05, 3.63) is 95.0 Å². The Morgan fingerprint density at radius 3 is 2.41 bits per heavy atom. The van der Waals surface area contributed by atoms with Gasteiger partial charge in [0.15, 0.2) is 10.6 Å². The summed E-state index contributed by atoms with van der Waals surface area (Å²) in [6.45, 7) is 2.38. The molecule has 0 unspecified atom stereocenters. The summed E-state index contributed by atoms with van der Waals surface area (Å²) in [5.74, 6) is 1.53. The maximum atomic E-state index is 5.94. The average molecular weight is 373 g/mol. The topological polar surface area (TPSA) is 42.8 Å². The third-order valence-corrected chi connectivity index (χ3v) is 4.60. The Morgan fingerprint density at radius 2 is 1.67 bits per heavy atom. The van der Waals surface area contributed by atoms with Crippen molar-refractivity contribution in [2.24, 2.45) is 0 Å². The standard InChI is InChI=1S/C22H19N3OS/c1-16-6-5-9-19(14-16)25-21(23-24-22(25)27)15-26-20-12-10-18(11-13-20)17-7-3-2-4-8-17/h2-14H,15H2,1H3,(H,24,27). The lowest BCUT2D eigenvalue weighted by atomic mass is 10.1. The fourth-order valence-electron chi connectivity index (χ4n) is 2.98. The first-order valence-electron chi connectivity index (χ1n) is 8.72. The molecule has 27 heavy (non-hydrogen) atoms. The van der Waals surface area contributed by atoms with Gasteiger partial charge in [0, 0.05) is 0 Å². The predicted octanol–water partition coefficient (Wildman–Crippen LogP) is 5.48. The molecule has 1 aromatic heterocycles. The molecule has 0 aliphatic carbocycles. The van der Waals surface area contributed by atoms with Crippen molar-refractivity contribution < 1.29 is 4.74 Å². The van der Waals surface area contributed by atoms with E-state index < -0.39 is 0 Å². The molecule has 4 rings (SSSR count). The molecule has 134 valence electrons. The molecule has 0 aliphatic rings. The molecule has 0 aliphatic heterocycles. The largest absolute Gasteiger partial charge is 0.486 e. The third-order valence-electron chi connectivity index (χ3n) is 4.33. The molecular weight excluding hydrogens is 354 g/mol. The molecule has 5 heteroatoms. The summed E-state index contributed by atoms with van der Waals surface area (Å²) in [7, 11) is 0. The van der Waals surface area contributed by atoms with Gasteiger partial charge in [-0.15, -0.1) is 0 Å². The van der Waals surface area contributed by atoms with Crippen molar-refractivity contribution in [3.8, 4) is 22.6 Å². The van der Waals surface area contributed by atoms with E-state index in [1.165, 1.54) is 11.1 Å². The van der Waals surface area contributed by atoms with Crippen LogP contribution in [0.4, 0.5) is 0 Å². The molecule has 0 atom stereocenters. The van der Waals surface area contributed by atoms with Gasteiger partial charge in [0.1, 0.15) is 12.4 Å². The summed E-state index contributed by atoms with van der Waals surface area (Å²) in [4.78, 5) is 0. The van der Waals surface area contributed by atoms with Crippen molar-refractivity contribution in [3.63, 3.8) is 0 Å². The minimum absolute atomic E-state index is 0.325. The molecular formula is C22H19N3OS. The molecule has 0 amide bonds. The van der Waals surface area contributed by atoms with Gasteiger partial charge in [-0.25, -0.2) is 0 Å². The maximum absolute atomic E-state index is 5.94. The number of benzene rings is 3. The van der Waals surface area contributed by atoms with E-state index in [0.29, 0.717) is 11.4 Å². The predicted molar refractivity (Wildman–Crippen MR) is 110 cm³/mol. The molecule has 4 nitrogen and oxygen atoms in total. The van der Waals surface area contributed by atoms with Crippen LogP contribution in [0.1, 0.15) is 11.4 Å². The quantitative estimate of drug-likeness (QED) is 0.471. The second kappa shape index (κ2) is 7.60. The number of H-pyrrole nitrogens is 1. The van der Waals surface area contributed by atoms with Crippen LogP contribution >= 0.6 is 12.2 Å². The highest BCUT2D eigenvalue weighted by atomic mass is 32.1. The zero-order valence-corrected chi connectivity index (χ0v) is 15.7. The lowest BCUT2D eigenvalue weighted by molar-refractivity contribution is 0.293. The van der Waals surface area contributed by atoms with E-state index in [0.717, 1.165) is 22.8 Å². The lowest BCUT2D eigenvalue weighted by Crippen LogP contribution is -2.06. The first-order valence-corrected chi connectivity index (χ1v) is 9.13. The van der Waals surface area contributed by atoms with Gasteiger partial charge >= 0.3 is 0 Å². The van der Waals surface area contributed by atoms with Crippen LogP contribution in [0, 0.1) is 11.7 Å². The minimum atomic E-state index is 0.325. The Balaban J connectivity index is 1.52. The number of hydrogen-bond acceptors (Lipinski definition) is 3. The van der Waals surface area contributed by atoms with Crippen LogP contribution in [0.15, 0.2) is 78.9 Å². The first-order chi connectivity index (χ1) is 13.2. The lowest BCUT2D eigenvalue weighted by Gasteiger charge is -2.10. The highest BCUT2D eigenvalue weighted by Crippen LogP contribution is 2.23. The molecule has 0 radical (unpaired) electrons. The van der Waals surface area contributed by atoms with Crippen molar-refractivity contribution in [1.29, 1.82) is 0 Å². The van der Waals surface area contributed by atoms with Crippen LogP contribution in [-0.4, -0.2) is 14.8 Å². The van der Waals surface area contributed by atoms with E-state index in [1.54, 1.807) is 0 Å². The summed E-state index contributed by atoms with van der Waals surface area (Å²) in [6, 6.07) is 26.5. The Bertz CT molecular complexity index is 1100. The van der Waals surface area contributed by atoms with E-state index >= 15 is 0 Å². The van der Waals surface area contributed by atoms with Gasteiger partial charge in [-0.3, -0.25) is 9.67 Å². The molecule has 1 N–H and O–H groups in total. The van der Waals surface area contributed by atoms with Gasteiger partial charge in [-0.05, 0) is 60.1 Å². The van der Waals surface area contributed by atoms with E-state index in [4.69, 9.17) is 17.0 Å². The van der Waals surface area contributed by atoms with Gasteiger partial charge in [0.2, 0.25) is 0 Å². The molecule has 4 aromatic rings. The Hall–Kier alpha value is -3.18. The summed E-state index contributed by atoms with van der Waals surface area (Å²) in [6.07, 6.45) is 0. The fourth-order valence-corrected chi connectivity index (χ4v) is 3.24. The molecule has 3 aromatic carbocycles. The van der Waals surface area contributed by atoms with E-state index in [9.17, 15) is 0 Å². The monoisotopic (exact) mass is 373 g/mol. The van der Waals surface area contributed by atoms with Gasteiger partial charge in [0.25, 0.3) is 0 Å². The second-order valence-corrected chi connectivity index (χ2v) is 6.69. The van der Waals surface area contributed by atoms with E-state index in [-0.39, 0.29) is 0 Å². The van der Waals surface area contributed by atoms with Crippen molar-refractivity contribution >= 4 is 12.2 Å². The van der Waals surface area contributed by atoms with Gasteiger partial charge < -0.3 is 4.74 Å². The zero-order valence-electron chi connectivity index (χ0n) is 14.9. The van der Waals surface area contributed by atoms with Crippen LogP contribution in [0.5, 0.6) is 5.75 Å². The number of aromatic amines is 1. The number of nitrogens with zero attached hydrogens (tertiary/aromatic N) is 2. The first kappa shape index (κ1) is 17.2. The average Bonchev–Trinajstić information content (AvgIpc) is 3.08. The van der Waals surface area contributed by atoms with Crippen LogP contribution in [0.2, 0.25) is 0 Å². The smallest absolute Gasteiger partial charge is 0.199 e. The molecule has 0 saturated heterocycles. The summed E-state index contributed by atoms with van der Waals surface area (Å²) in [5.41, 5.74) is 4.49. The molecule has 0 bridgehead atoms. The Labute approximate surface area is 163 Å². The molecule has 0 saturated carbocycles. The number of aryl methyl sites for hydroxylation is 1. The zero-order chi connectivity index (χ0) is 18.6. The Morgan fingerprint density at radius 1 is 0.926 bits per heavy atom. The van der Waals surface area contributed by atoms with Gasteiger partial charge in [0.05, 0.1) is 5.69 Å². The summed E-state index contributed by atoms with van der Waals surface area (Å²) >= 11 is 5.39. The highest BCUT2D eigenvalue weighted by Gasteiger charge is 2.09. The SMILES string of the molecule is Cc1cccc(-n2c(COc3ccc(-c4ccccc4)cc3)n[nH]c2=S)c1. The maximum Gasteiger partial charge on any atom is 0.199 e. The molecule has 1 heterocycles. The van der Waals surface area contributed by atoms with Crippen LogP contribution in [0.3, 0.4) is 0 Å². The normalized spacial score (nSPS) is 10.7. The van der Waals surface area contributed by atoms with Crippen molar-refractivity contribution in [2.45, 2.75) is 13.5 Å². The van der Waals surface area contributed by atoms with Gasteiger partial charge in [-0.2, -0.15) is 5.10 Å². The van der Waals surface area contributed by atoms with Crippen LogP contribution in [-0.2, 0) is 6.61 Å². The number of hydrogen-bond donors (Lipinski definition) is 1. The fraction of sp³-hybridized carbons (Fsp3) is 0.0909. The van der Waals surface area contributed by atoms with Crippen molar-refractivity contribution in [1.82, 2.24) is 14.8 Å². The number of ether oxygens (including phenoxy) is 1. The van der Waals surface area contributed by atoms with Crippen LogP contribution in [0.25, 0.3) is 16.8 Å². The molecule has 0 spiro atoms.